The first-order chi connectivity index (χ1) is 19.2. The molecule has 3 aromatic rings. The number of nitrogens with one attached hydrogen (secondary N) is 1. The molecular formula is C27H29FN3O8P. The third-order valence-electron chi connectivity index (χ3n) is 5.96. The number of amides is 1. The van der Waals surface area contributed by atoms with Gasteiger partial charge >= 0.3 is 19.3 Å². The normalized spacial score (nSPS) is 20.7. The number of aromatic nitrogens is 2. The Morgan fingerprint density at radius 3 is 2.17 bits per heavy atom. The average Bonchev–Trinajstić information content (AvgIpc) is 3.23. The van der Waals surface area contributed by atoms with Crippen molar-refractivity contribution >= 4 is 25.3 Å². The number of benzene rings is 2. The Balaban J connectivity index is 1.59. The molecule has 1 unspecified atom stereocenters. The molecule has 0 aliphatic carbocycles. The maximum absolute atomic E-state index is 15.9. The second kappa shape index (κ2) is 13.1. The van der Waals surface area contributed by atoms with E-state index in [0.717, 1.165) is 4.57 Å². The zero-order valence-corrected chi connectivity index (χ0v) is 22.7. The fourth-order valence-corrected chi connectivity index (χ4v) is 5.99. The quantitative estimate of drug-likeness (QED) is 0.264. The number of esters is 1. The van der Waals surface area contributed by atoms with E-state index in [0.29, 0.717) is 5.56 Å². The van der Waals surface area contributed by atoms with Gasteiger partial charge in [0, 0.05) is 11.8 Å². The van der Waals surface area contributed by atoms with Crippen molar-refractivity contribution in [1.82, 2.24) is 9.55 Å². The minimum absolute atomic E-state index is 0.0516. The van der Waals surface area contributed by atoms with E-state index in [4.69, 9.17) is 18.5 Å². The molecule has 1 aliphatic heterocycles. The first-order valence-electron chi connectivity index (χ1n) is 12.6. The Labute approximate surface area is 229 Å². The lowest BCUT2D eigenvalue weighted by atomic mass is 10.1. The van der Waals surface area contributed by atoms with Crippen LogP contribution in [-0.2, 0) is 23.1 Å². The summed E-state index contributed by atoms with van der Waals surface area (Å²) < 4.78 is 52.0. The largest absolute Gasteiger partial charge is 0.453 e. The van der Waals surface area contributed by atoms with Crippen molar-refractivity contribution in [2.24, 2.45) is 0 Å². The van der Waals surface area contributed by atoms with E-state index in [1.54, 1.807) is 62.4 Å². The Hall–Kier alpha value is -3.70. The standard InChI is InChI=1S/C27H29FN3O8P/c1-3-36-40(35,37-4-2)17-20-23(39-26(33)19-13-9-6-10-14-19)22(28)25(38-20)31-16-15-21(30-27(31)34)29-24(32)18-11-7-5-8-12-18/h5-16,20,22-23,25H,3-4,17H2,1-2H3,(H,29,30,32,34)/t20-,22?,23+,25-/m1/s1. The molecule has 40 heavy (non-hydrogen) atoms. The molecule has 1 saturated heterocycles. The summed E-state index contributed by atoms with van der Waals surface area (Å²) in [5.41, 5.74) is -0.396. The number of ether oxygens (including phenoxy) is 2. The predicted molar refractivity (Wildman–Crippen MR) is 143 cm³/mol. The van der Waals surface area contributed by atoms with Gasteiger partial charge in [0.2, 0.25) is 0 Å². The molecule has 0 saturated carbocycles. The van der Waals surface area contributed by atoms with Crippen LogP contribution in [0.1, 0.15) is 40.8 Å². The van der Waals surface area contributed by atoms with Crippen molar-refractivity contribution in [3.8, 4) is 0 Å². The number of nitrogens with zero attached hydrogens (tertiary/aromatic N) is 2. The molecule has 4 rings (SSSR count). The highest BCUT2D eigenvalue weighted by molar-refractivity contribution is 7.53. The molecule has 13 heteroatoms. The third-order valence-corrected chi connectivity index (χ3v) is 8.07. The van der Waals surface area contributed by atoms with E-state index in [2.05, 4.69) is 10.3 Å². The molecule has 1 fully saturated rings. The van der Waals surface area contributed by atoms with Crippen LogP contribution in [0.3, 0.4) is 0 Å². The summed E-state index contributed by atoms with van der Waals surface area (Å²) in [7, 11) is -3.76. The van der Waals surface area contributed by atoms with Gasteiger partial charge in [0.1, 0.15) is 11.9 Å². The molecule has 0 bridgehead atoms. The number of alkyl halides is 1. The summed E-state index contributed by atoms with van der Waals surface area (Å²) in [4.78, 5) is 41.9. The van der Waals surface area contributed by atoms with Crippen LogP contribution >= 0.6 is 7.60 Å². The van der Waals surface area contributed by atoms with Gasteiger partial charge in [0.05, 0.1) is 24.9 Å². The summed E-state index contributed by atoms with van der Waals surface area (Å²) in [6, 6.07) is 17.6. The van der Waals surface area contributed by atoms with Gasteiger partial charge in [-0.1, -0.05) is 36.4 Å². The van der Waals surface area contributed by atoms with Crippen LogP contribution in [-0.4, -0.2) is 59.2 Å². The summed E-state index contributed by atoms with van der Waals surface area (Å²) >= 11 is 0. The molecule has 11 nitrogen and oxygen atoms in total. The molecule has 1 N–H and O–H groups in total. The van der Waals surface area contributed by atoms with Crippen LogP contribution in [0, 0.1) is 0 Å². The van der Waals surface area contributed by atoms with Crippen molar-refractivity contribution in [3.63, 3.8) is 0 Å². The molecular weight excluding hydrogens is 544 g/mol. The lowest BCUT2D eigenvalue weighted by Gasteiger charge is -2.24. The van der Waals surface area contributed by atoms with E-state index < -0.39 is 55.9 Å². The Kier molecular flexibility index (Phi) is 9.59. The number of hydrogen-bond acceptors (Lipinski definition) is 9. The van der Waals surface area contributed by atoms with Gasteiger partial charge in [-0.25, -0.2) is 14.0 Å². The van der Waals surface area contributed by atoms with Crippen molar-refractivity contribution < 1.29 is 37.1 Å². The molecule has 1 amide bonds. The highest BCUT2D eigenvalue weighted by atomic mass is 31.2. The van der Waals surface area contributed by atoms with Gasteiger partial charge in [0.15, 0.2) is 18.5 Å². The van der Waals surface area contributed by atoms with Gasteiger partial charge in [-0.05, 0) is 44.2 Å². The first kappa shape index (κ1) is 29.3. The van der Waals surface area contributed by atoms with Crippen LogP contribution in [0.2, 0.25) is 0 Å². The van der Waals surface area contributed by atoms with Crippen molar-refractivity contribution in [1.29, 1.82) is 0 Å². The predicted octanol–water partition coefficient (Wildman–Crippen LogP) is 4.22. The summed E-state index contributed by atoms with van der Waals surface area (Å²) in [5.74, 6) is -1.36. The van der Waals surface area contributed by atoms with Crippen molar-refractivity contribution in [2.45, 2.75) is 38.5 Å². The van der Waals surface area contributed by atoms with E-state index in [1.807, 2.05) is 0 Å². The minimum atomic E-state index is -3.76. The molecule has 0 spiro atoms. The fraction of sp³-hybridized carbons (Fsp3) is 0.333. The van der Waals surface area contributed by atoms with Gasteiger partial charge in [-0.3, -0.25) is 13.9 Å². The Bertz CT molecular complexity index is 1410. The highest BCUT2D eigenvalue weighted by Crippen LogP contribution is 2.51. The van der Waals surface area contributed by atoms with Crippen LogP contribution in [0.15, 0.2) is 77.7 Å². The van der Waals surface area contributed by atoms with Gasteiger partial charge in [-0.15, -0.1) is 0 Å². The number of carbonyl (C=O) groups excluding carboxylic acids is 2. The maximum Gasteiger partial charge on any atom is 0.351 e. The number of halogens is 1. The lowest BCUT2D eigenvalue weighted by molar-refractivity contribution is -0.0237. The van der Waals surface area contributed by atoms with Crippen LogP contribution in [0.4, 0.5) is 10.2 Å². The third kappa shape index (κ3) is 6.89. The maximum atomic E-state index is 15.9. The van der Waals surface area contributed by atoms with E-state index in [-0.39, 0.29) is 24.6 Å². The van der Waals surface area contributed by atoms with Crippen LogP contribution in [0.25, 0.3) is 0 Å². The van der Waals surface area contributed by atoms with E-state index in [9.17, 15) is 18.9 Å². The fourth-order valence-electron chi connectivity index (χ4n) is 4.18. The smallest absolute Gasteiger partial charge is 0.351 e. The SMILES string of the molecule is CCOP(=O)(C[C@H]1O[C@@H](n2ccc(NC(=O)c3ccccc3)nc2=O)C(F)[C@H]1OC(=O)c1ccccc1)OCC. The van der Waals surface area contributed by atoms with Gasteiger partial charge in [-0.2, -0.15) is 4.98 Å². The lowest BCUT2D eigenvalue weighted by Crippen LogP contribution is -2.37. The summed E-state index contributed by atoms with van der Waals surface area (Å²) in [6.07, 6.45) is -5.66. The molecule has 1 aromatic heterocycles. The molecule has 4 atom stereocenters. The first-order valence-corrected chi connectivity index (χ1v) is 14.4. The molecule has 2 aromatic carbocycles. The molecule has 2 heterocycles. The number of hydrogen-bond donors (Lipinski definition) is 1. The van der Waals surface area contributed by atoms with Gasteiger partial charge in [0.25, 0.3) is 5.91 Å². The van der Waals surface area contributed by atoms with E-state index >= 15 is 4.39 Å². The average molecular weight is 574 g/mol. The topological polar surface area (TPSA) is 135 Å². The van der Waals surface area contributed by atoms with Crippen LogP contribution in [0.5, 0.6) is 0 Å². The zero-order valence-electron chi connectivity index (χ0n) is 21.8. The number of anilines is 1. The van der Waals surface area contributed by atoms with Crippen molar-refractivity contribution in [2.75, 3.05) is 24.7 Å². The summed E-state index contributed by atoms with van der Waals surface area (Å²) in [5, 5.41) is 2.51. The molecule has 1 aliphatic rings. The monoisotopic (exact) mass is 573 g/mol. The van der Waals surface area contributed by atoms with Crippen molar-refractivity contribution in [3.05, 3.63) is 94.5 Å². The second-order valence-electron chi connectivity index (χ2n) is 8.70. The number of carbonyl (C=O) groups is 2. The zero-order chi connectivity index (χ0) is 28.7. The Morgan fingerprint density at radius 2 is 1.60 bits per heavy atom. The minimum Gasteiger partial charge on any atom is -0.453 e. The Morgan fingerprint density at radius 1 is 1.00 bits per heavy atom. The van der Waals surface area contributed by atoms with Gasteiger partial charge < -0.3 is 23.8 Å². The number of rotatable bonds is 11. The van der Waals surface area contributed by atoms with E-state index in [1.165, 1.54) is 24.4 Å². The molecule has 212 valence electrons. The molecule has 0 radical (unpaired) electrons. The highest BCUT2D eigenvalue weighted by Gasteiger charge is 2.51. The second-order valence-corrected chi connectivity index (χ2v) is 10.8. The summed E-state index contributed by atoms with van der Waals surface area (Å²) in [6.45, 7) is 3.36. The van der Waals surface area contributed by atoms with Crippen LogP contribution < -0.4 is 11.0 Å².